The quantitative estimate of drug-likeness (QED) is 0.439. The third-order valence-corrected chi connectivity index (χ3v) is 5.64. The molecule has 0 spiro atoms. The van der Waals surface area contributed by atoms with Crippen LogP contribution < -0.4 is 10.1 Å². The van der Waals surface area contributed by atoms with Crippen LogP contribution >= 0.6 is 11.3 Å². The van der Waals surface area contributed by atoms with Gasteiger partial charge in [0, 0.05) is 5.56 Å². The topological polar surface area (TPSA) is 69.0 Å². The van der Waals surface area contributed by atoms with Crippen molar-refractivity contribution < 1.29 is 9.53 Å². The summed E-state index contributed by atoms with van der Waals surface area (Å²) in [4.78, 5) is 17.4. The van der Waals surface area contributed by atoms with Crippen LogP contribution in [0.4, 0.5) is 5.95 Å². The van der Waals surface area contributed by atoms with Crippen molar-refractivity contribution >= 4 is 23.2 Å². The van der Waals surface area contributed by atoms with Gasteiger partial charge in [-0.2, -0.15) is 0 Å². The van der Waals surface area contributed by atoms with Crippen molar-refractivity contribution in [3.05, 3.63) is 92.9 Å². The van der Waals surface area contributed by atoms with Gasteiger partial charge in [0.15, 0.2) is 0 Å². The van der Waals surface area contributed by atoms with Crippen LogP contribution in [0.15, 0.2) is 60.2 Å². The number of hydrogen-bond donors (Lipinski definition) is 1. The molecule has 0 saturated carbocycles. The van der Waals surface area contributed by atoms with E-state index in [0.717, 1.165) is 28.0 Å². The predicted molar refractivity (Wildman–Crippen MR) is 123 cm³/mol. The molecule has 0 aliphatic carbocycles. The predicted octanol–water partition coefficient (Wildman–Crippen LogP) is 5.14. The molecule has 158 valence electrons. The molecule has 0 bridgehead atoms. The Morgan fingerprint density at radius 3 is 2.61 bits per heavy atom. The smallest absolute Gasteiger partial charge is 0.268 e. The lowest BCUT2D eigenvalue weighted by Gasteiger charge is -2.07. The number of aromatic nitrogens is 3. The van der Waals surface area contributed by atoms with Gasteiger partial charge in [-0.25, -0.2) is 9.67 Å². The third kappa shape index (κ3) is 5.58. The number of carbonyl (C=O) groups is 1. The molecule has 0 fully saturated rings. The number of carbonyl (C=O) groups excluding carboxylic acids is 1. The van der Waals surface area contributed by atoms with E-state index in [1.54, 1.807) is 11.0 Å². The zero-order valence-corrected chi connectivity index (χ0v) is 18.6. The molecule has 0 unspecified atom stereocenters. The number of anilines is 1. The number of nitrogens with zero attached hydrogens (tertiary/aromatic N) is 3. The van der Waals surface area contributed by atoms with Gasteiger partial charge in [0.1, 0.15) is 18.7 Å². The lowest BCUT2D eigenvalue weighted by molar-refractivity contribution is 0.102. The highest BCUT2D eigenvalue weighted by Gasteiger charge is 2.12. The van der Waals surface area contributed by atoms with Gasteiger partial charge in [-0.15, -0.1) is 16.4 Å². The maximum atomic E-state index is 12.6. The third-order valence-electron chi connectivity index (χ3n) is 4.67. The Kier molecular flexibility index (Phi) is 6.13. The van der Waals surface area contributed by atoms with Gasteiger partial charge in [-0.05, 0) is 61.0 Å². The molecule has 2 aromatic heterocycles. The van der Waals surface area contributed by atoms with Crippen LogP contribution in [-0.4, -0.2) is 20.7 Å². The Balaban J connectivity index is 1.34. The fraction of sp³-hybridized carbons (Fsp3) is 0.208. The van der Waals surface area contributed by atoms with Gasteiger partial charge < -0.3 is 4.74 Å². The Hall–Kier alpha value is -3.45. The van der Waals surface area contributed by atoms with E-state index in [9.17, 15) is 4.79 Å². The summed E-state index contributed by atoms with van der Waals surface area (Å²) in [6, 6.07) is 16.2. The molecular weight excluding hydrogens is 408 g/mol. The zero-order chi connectivity index (χ0) is 21.8. The van der Waals surface area contributed by atoms with Gasteiger partial charge in [0.2, 0.25) is 5.95 Å². The molecule has 0 aliphatic heterocycles. The van der Waals surface area contributed by atoms with E-state index in [2.05, 4.69) is 40.5 Å². The maximum absolute atomic E-state index is 12.6. The first kappa shape index (κ1) is 20.8. The standard InChI is InChI=1S/C24H24N4O2S/c1-16-5-4-6-19(8-16)12-28-15-25-24(27-28)26-23(29)22-11-20(14-31-22)13-30-21-9-17(2)7-18(3)10-21/h4-11,14-15H,12-13H2,1-3H3,(H,26,27,29). The van der Waals surface area contributed by atoms with E-state index in [-0.39, 0.29) is 5.91 Å². The highest BCUT2D eigenvalue weighted by atomic mass is 32.1. The molecule has 31 heavy (non-hydrogen) atoms. The monoisotopic (exact) mass is 432 g/mol. The number of rotatable bonds is 7. The van der Waals surface area contributed by atoms with Crippen molar-refractivity contribution in [3.63, 3.8) is 0 Å². The average Bonchev–Trinajstić information content (AvgIpc) is 3.35. The molecule has 1 amide bonds. The lowest BCUT2D eigenvalue weighted by atomic mass is 10.1. The number of ether oxygens (including phenoxy) is 1. The SMILES string of the molecule is Cc1cccc(Cn2cnc(NC(=O)c3cc(COc4cc(C)cc(C)c4)cs3)n2)c1. The van der Waals surface area contributed by atoms with Crippen molar-refractivity contribution in [2.75, 3.05) is 5.32 Å². The van der Waals surface area contributed by atoms with Crippen LogP contribution in [0.1, 0.15) is 37.5 Å². The highest BCUT2D eigenvalue weighted by molar-refractivity contribution is 7.12. The number of hydrogen-bond acceptors (Lipinski definition) is 5. The Morgan fingerprint density at radius 1 is 1.03 bits per heavy atom. The highest BCUT2D eigenvalue weighted by Crippen LogP contribution is 2.21. The van der Waals surface area contributed by atoms with E-state index < -0.39 is 0 Å². The summed E-state index contributed by atoms with van der Waals surface area (Å²) < 4.78 is 7.59. The summed E-state index contributed by atoms with van der Waals surface area (Å²) in [7, 11) is 0. The molecule has 0 radical (unpaired) electrons. The van der Waals surface area contributed by atoms with Crippen molar-refractivity contribution in [1.29, 1.82) is 0 Å². The normalized spacial score (nSPS) is 10.8. The Labute approximate surface area is 185 Å². The van der Waals surface area contributed by atoms with Crippen LogP contribution in [0, 0.1) is 20.8 Å². The van der Waals surface area contributed by atoms with Crippen molar-refractivity contribution in [1.82, 2.24) is 14.8 Å². The van der Waals surface area contributed by atoms with Crippen LogP contribution in [0.25, 0.3) is 0 Å². The van der Waals surface area contributed by atoms with Gasteiger partial charge in [-0.1, -0.05) is 35.9 Å². The molecule has 2 aromatic carbocycles. The number of aryl methyl sites for hydroxylation is 3. The minimum Gasteiger partial charge on any atom is -0.489 e. The molecule has 0 saturated heterocycles. The van der Waals surface area contributed by atoms with Gasteiger partial charge >= 0.3 is 0 Å². The molecular formula is C24H24N4O2S. The first-order valence-corrected chi connectivity index (χ1v) is 10.9. The second-order valence-electron chi connectivity index (χ2n) is 7.64. The number of amides is 1. The first-order chi connectivity index (χ1) is 14.9. The molecule has 2 heterocycles. The summed E-state index contributed by atoms with van der Waals surface area (Å²) in [6.45, 7) is 7.16. The molecule has 0 aliphatic rings. The lowest BCUT2D eigenvalue weighted by Crippen LogP contribution is -2.12. The minimum absolute atomic E-state index is 0.226. The molecule has 4 rings (SSSR count). The van der Waals surface area contributed by atoms with E-state index in [0.29, 0.717) is 24.0 Å². The van der Waals surface area contributed by atoms with Gasteiger partial charge in [0.05, 0.1) is 11.4 Å². The number of benzene rings is 2. The zero-order valence-electron chi connectivity index (χ0n) is 17.8. The summed E-state index contributed by atoms with van der Waals surface area (Å²) >= 11 is 1.37. The minimum atomic E-state index is -0.226. The van der Waals surface area contributed by atoms with Crippen molar-refractivity contribution in [2.24, 2.45) is 0 Å². The second-order valence-corrected chi connectivity index (χ2v) is 8.55. The second kappa shape index (κ2) is 9.14. The van der Waals surface area contributed by atoms with Crippen molar-refractivity contribution in [3.8, 4) is 5.75 Å². The average molecular weight is 433 g/mol. The number of nitrogens with one attached hydrogen (secondary N) is 1. The first-order valence-electron chi connectivity index (χ1n) is 9.99. The van der Waals surface area contributed by atoms with Crippen LogP contribution in [-0.2, 0) is 13.2 Å². The van der Waals surface area contributed by atoms with Gasteiger partial charge in [-0.3, -0.25) is 10.1 Å². The molecule has 7 heteroatoms. The summed E-state index contributed by atoms with van der Waals surface area (Å²) in [5.41, 5.74) is 5.60. The van der Waals surface area contributed by atoms with Gasteiger partial charge in [0.25, 0.3) is 5.91 Å². The van der Waals surface area contributed by atoms with E-state index in [1.807, 2.05) is 49.6 Å². The fourth-order valence-corrected chi connectivity index (χ4v) is 4.13. The largest absolute Gasteiger partial charge is 0.489 e. The molecule has 4 aromatic rings. The Bertz CT molecular complexity index is 1190. The summed E-state index contributed by atoms with van der Waals surface area (Å²) in [6.07, 6.45) is 1.62. The van der Waals surface area contributed by atoms with E-state index >= 15 is 0 Å². The summed E-state index contributed by atoms with van der Waals surface area (Å²) in [5.74, 6) is 0.896. The number of thiophene rings is 1. The molecule has 6 nitrogen and oxygen atoms in total. The van der Waals surface area contributed by atoms with E-state index in [4.69, 9.17) is 4.74 Å². The Morgan fingerprint density at radius 2 is 1.84 bits per heavy atom. The maximum Gasteiger partial charge on any atom is 0.268 e. The van der Waals surface area contributed by atoms with Crippen LogP contribution in [0.3, 0.4) is 0 Å². The molecule has 0 atom stereocenters. The molecule has 1 N–H and O–H groups in total. The van der Waals surface area contributed by atoms with Crippen molar-refractivity contribution in [2.45, 2.75) is 33.9 Å². The summed E-state index contributed by atoms with van der Waals surface area (Å²) in [5, 5.41) is 9.05. The van der Waals surface area contributed by atoms with Crippen LogP contribution in [0.2, 0.25) is 0 Å². The van der Waals surface area contributed by atoms with E-state index in [1.165, 1.54) is 16.9 Å². The fourth-order valence-electron chi connectivity index (χ4n) is 3.34. The van der Waals surface area contributed by atoms with Crippen LogP contribution in [0.5, 0.6) is 5.75 Å².